The van der Waals surface area contributed by atoms with E-state index in [1.807, 2.05) is 41.1 Å². The molecule has 1 saturated heterocycles. The van der Waals surface area contributed by atoms with Gasteiger partial charge in [0.1, 0.15) is 17.6 Å². The largest absolute Gasteiger partial charge is 0.443 e. The van der Waals surface area contributed by atoms with Crippen LogP contribution in [0.2, 0.25) is 5.02 Å². The Morgan fingerprint density at radius 2 is 2.13 bits per heavy atom. The second-order valence-corrected chi connectivity index (χ2v) is 8.42. The molecule has 1 fully saturated rings. The number of rotatable bonds is 7. The maximum Gasteiger partial charge on any atom is 0.237 e. The molecule has 0 N–H and O–H groups in total. The van der Waals surface area contributed by atoms with Crippen molar-refractivity contribution in [2.75, 3.05) is 20.1 Å². The average molecular weight is 442 g/mol. The van der Waals surface area contributed by atoms with Crippen molar-refractivity contribution in [2.45, 2.75) is 31.8 Å². The molecule has 0 spiro atoms. The molecule has 0 saturated carbocycles. The molecule has 2 heterocycles. The van der Waals surface area contributed by atoms with E-state index in [4.69, 9.17) is 16.0 Å². The van der Waals surface area contributed by atoms with Crippen LogP contribution in [0.5, 0.6) is 0 Å². The Bertz CT molecular complexity index is 1050. The lowest BCUT2D eigenvalue weighted by Gasteiger charge is -2.25. The van der Waals surface area contributed by atoms with Crippen LogP contribution in [0.3, 0.4) is 0 Å². The molecule has 1 amide bonds. The van der Waals surface area contributed by atoms with Crippen molar-refractivity contribution >= 4 is 17.5 Å². The van der Waals surface area contributed by atoms with Crippen molar-refractivity contribution in [3.8, 4) is 0 Å². The van der Waals surface area contributed by atoms with E-state index in [2.05, 4.69) is 4.98 Å². The Balaban J connectivity index is 1.39. The van der Waals surface area contributed by atoms with Crippen LogP contribution in [0.15, 0.2) is 59.1 Å². The topological polar surface area (TPSA) is 49.6 Å². The van der Waals surface area contributed by atoms with Crippen molar-refractivity contribution in [3.63, 3.8) is 0 Å². The Kier molecular flexibility index (Phi) is 6.68. The second kappa shape index (κ2) is 9.62. The summed E-state index contributed by atoms with van der Waals surface area (Å²) in [5, 5.41) is 0.685. The zero-order valence-corrected chi connectivity index (χ0v) is 18.2. The molecule has 1 aliphatic heterocycles. The number of hydrogen-bond acceptors (Lipinski definition) is 4. The van der Waals surface area contributed by atoms with Crippen molar-refractivity contribution in [1.29, 1.82) is 0 Å². The first-order valence-corrected chi connectivity index (χ1v) is 10.8. The molecule has 31 heavy (non-hydrogen) atoms. The lowest BCUT2D eigenvalue weighted by Crippen LogP contribution is -2.38. The Morgan fingerprint density at radius 1 is 1.29 bits per heavy atom. The fourth-order valence-corrected chi connectivity index (χ4v) is 4.24. The van der Waals surface area contributed by atoms with Crippen molar-refractivity contribution in [1.82, 2.24) is 14.8 Å². The Hall–Kier alpha value is -2.70. The third-order valence-electron chi connectivity index (χ3n) is 5.50. The smallest absolute Gasteiger partial charge is 0.237 e. The second-order valence-electron chi connectivity index (χ2n) is 7.98. The zero-order chi connectivity index (χ0) is 21.8. The van der Waals surface area contributed by atoms with Gasteiger partial charge in [-0.25, -0.2) is 9.37 Å². The van der Waals surface area contributed by atoms with Crippen LogP contribution in [-0.2, 0) is 17.8 Å². The van der Waals surface area contributed by atoms with Crippen molar-refractivity contribution in [2.24, 2.45) is 0 Å². The van der Waals surface area contributed by atoms with E-state index in [0.717, 1.165) is 24.2 Å². The van der Waals surface area contributed by atoms with E-state index >= 15 is 0 Å². The standard InChI is InChI=1S/C24H25ClFN3O2/c1-28(15-18-7-2-3-9-21(18)26)16-23(30)29-11-5-10-22(29)24-27-14-20(31-24)13-17-6-4-8-19(25)12-17/h2-4,6-9,12,14,22H,5,10-11,13,15-16H2,1H3/t22-/m1/s1. The van der Waals surface area contributed by atoms with Crippen LogP contribution in [0.25, 0.3) is 0 Å². The zero-order valence-electron chi connectivity index (χ0n) is 17.4. The molecule has 162 valence electrons. The van der Waals surface area contributed by atoms with E-state index in [9.17, 15) is 9.18 Å². The summed E-state index contributed by atoms with van der Waals surface area (Å²) in [5.74, 6) is 1.05. The molecule has 4 rings (SSSR count). The summed E-state index contributed by atoms with van der Waals surface area (Å²) in [6.07, 6.45) is 4.04. The lowest BCUT2D eigenvalue weighted by atomic mass is 10.1. The number of benzene rings is 2. The van der Waals surface area contributed by atoms with Gasteiger partial charge in [-0.15, -0.1) is 0 Å². The molecule has 0 bridgehead atoms. The summed E-state index contributed by atoms with van der Waals surface area (Å²) < 4.78 is 19.9. The number of carbonyl (C=O) groups is 1. The summed E-state index contributed by atoms with van der Waals surface area (Å²) in [5.41, 5.74) is 1.62. The predicted molar refractivity (Wildman–Crippen MR) is 117 cm³/mol. The maximum absolute atomic E-state index is 13.9. The molecular formula is C24H25ClFN3O2. The van der Waals surface area contributed by atoms with Gasteiger partial charge in [-0.2, -0.15) is 0 Å². The van der Waals surface area contributed by atoms with E-state index in [1.54, 1.807) is 24.4 Å². The van der Waals surface area contributed by atoms with Crippen LogP contribution in [0.4, 0.5) is 4.39 Å². The SMILES string of the molecule is CN(CC(=O)N1CCC[C@@H]1c1ncc(Cc2cccc(Cl)c2)o1)Cc1ccccc1F. The number of hydrogen-bond donors (Lipinski definition) is 0. The van der Waals surface area contributed by atoms with Gasteiger partial charge in [0, 0.05) is 30.1 Å². The molecular weight excluding hydrogens is 417 g/mol. The number of oxazole rings is 1. The third-order valence-corrected chi connectivity index (χ3v) is 5.74. The van der Waals surface area contributed by atoms with Gasteiger partial charge in [-0.1, -0.05) is 41.9 Å². The molecule has 5 nitrogen and oxygen atoms in total. The lowest BCUT2D eigenvalue weighted by molar-refractivity contribution is -0.133. The summed E-state index contributed by atoms with van der Waals surface area (Å²) >= 11 is 6.06. The first-order valence-electron chi connectivity index (χ1n) is 10.4. The molecule has 2 aromatic carbocycles. The van der Waals surface area contributed by atoms with Crippen molar-refractivity contribution in [3.05, 3.63) is 88.3 Å². The number of nitrogens with zero attached hydrogens (tertiary/aromatic N) is 3. The molecule has 0 aliphatic carbocycles. The number of likely N-dealkylation sites (N-methyl/N-ethyl adjacent to an activating group) is 1. The van der Waals surface area contributed by atoms with Gasteiger partial charge in [-0.3, -0.25) is 9.69 Å². The number of halogens is 2. The van der Waals surface area contributed by atoms with Crippen LogP contribution < -0.4 is 0 Å². The fraction of sp³-hybridized carbons (Fsp3) is 0.333. The molecule has 0 unspecified atom stereocenters. The van der Waals surface area contributed by atoms with Crippen LogP contribution >= 0.6 is 11.6 Å². The molecule has 7 heteroatoms. The third kappa shape index (κ3) is 5.32. The maximum atomic E-state index is 13.9. The number of amides is 1. The van der Waals surface area contributed by atoms with E-state index < -0.39 is 0 Å². The molecule has 3 aromatic rings. The van der Waals surface area contributed by atoms with E-state index in [0.29, 0.717) is 36.0 Å². The summed E-state index contributed by atoms with van der Waals surface area (Å²) in [6.45, 7) is 1.25. The number of aromatic nitrogens is 1. The van der Waals surface area contributed by atoms with Gasteiger partial charge in [0.15, 0.2) is 0 Å². The average Bonchev–Trinajstić information content (AvgIpc) is 3.39. The minimum Gasteiger partial charge on any atom is -0.443 e. The highest BCUT2D eigenvalue weighted by Crippen LogP contribution is 2.32. The van der Waals surface area contributed by atoms with E-state index in [-0.39, 0.29) is 24.3 Å². The monoisotopic (exact) mass is 441 g/mol. The van der Waals surface area contributed by atoms with Gasteiger partial charge >= 0.3 is 0 Å². The van der Waals surface area contributed by atoms with Gasteiger partial charge in [0.05, 0.1) is 12.7 Å². The minimum atomic E-state index is -0.257. The normalized spacial score (nSPS) is 16.3. The summed E-state index contributed by atoms with van der Waals surface area (Å²) in [6, 6.07) is 14.1. The molecule has 1 aliphatic rings. The van der Waals surface area contributed by atoms with Gasteiger partial charge in [0.2, 0.25) is 11.8 Å². The van der Waals surface area contributed by atoms with Crippen LogP contribution in [-0.4, -0.2) is 40.8 Å². The first kappa shape index (κ1) is 21.5. The van der Waals surface area contributed by atoms with Gasteiger partial charge in [-0.05, 0) is 43.7 Å². The number of likely N-dealkylation sites (tertiary alicyclic amines) is 1. The van der Waals surface area contributed by atoms with Gasteiger partial charge in [0.25, 0.3) is 0 Å². The van der Waals surface area contributed by atoms with Crippen LogP contribution in [0.1, 0.15) is 41.7 Å². The van der Waals surface area contributed by atoms with Crippen LogP contribution in [0, 0.1) is 5.82 Å². The Morgan fingerprint density at radius 3 is 2.94 bits per heavy atom. The van der Waals surface area contributed by atoms with Gasteiger partial charge < -0.3 is 9.32 Å². The highest BCUT2D eigenvalue weighted by molar-refractivity contribution is 6.30. The molecule has 1 atom stereocenters. The molecule has 0 radical (unpaired) electrons. The van der Waals surface area contributed by atoms with Crippen molar-refractivity contribution < 1.29 is 13.6 Å². The summed E-state index contributed by atoms with van der Waals surface area (Å²) in [4.78, 5) is 21.1. The Labute approximate surface area is 186 Å². The first-order chi connectivity index (χ1) is 15.0. The fourth-order valence-electron chi connectivity index (χ4n) is 4.02. The minimum absolute atomic E-state index is 0.00377. The highest BCUT2D eigenvalue weighted by Gasteiger charge is 2.33. The van der Waals surface area contributed by atoms with E-state index in [1.165, 1.54) is 6.07 Å². The highest BCUT2D eigenvalue weighted by atomic mass is 35.5. The summed E-state index contributed by atoms with van der Waals surface area (Å²) in [7, 11) is 1.82. The quantitative estimate of drug-likeness (QED) is 0.525. The number of carbonyl (C=O) groups excluding carboxylic acids is 1. The predicted octanol–water partition coefficient (Wildman–Crippen LogP) is 4.85. The molecule has 1 aromatic heterocycles.